The molecule has 2 fully saturated rings. The van der Waals surface area contributed by atoms with Crippen molar-refractivity contribution < 1.29 is 12.9 Å². The third-order valence-corrected chi connectivity index (χ3v) is 7.19. The fraction of sp³-hybridized carbons (Fsp3) is 0.625. The fourth-order valence-electron chi connectivity index (χ4n) is 3.23. The molecule has 0 unspecified atom stereocenters. The van der Waals surface area contributed by atoms with Crippen LogP contribution in [0.15, 0.2) is 23.0 Å². The number of hydrogen-bond acceptors (Lipinski definition) is 6. The number of aryl methyl sites for hydroxylation is 1. The molecule has 0 atom stereocenters. The lowest BCUT2D eigenvalue weighted by atomic mass is 10.2. The van der Waals surface area contributed by atoms with Gasteiger partial charge < -0.3 is 4.52 Å². The van der Waals surface area contributed by atoms with Crippen LogP contribution in [0.25, 0.3) is 11.3 Å². The third kappa shape index (κ3) is 3.63. The van der Waals surface area contributed by atoms with Crippen molar-refractivity contribution in [3.05, 3.63) is 24.2 Å². The summed E-state index contributed by atoms with van der Waals surface area (Å²) in [5.74, 6) is 0.789. The molecule has 2 aliphatic rings. The lowest BCUT2D eigenvalue weighted by Crippen LogP contribution is -2.37. The molecule has 0 radical (unpaired) electrons. The lowest BCUT2D eigenvalue weighted by molar-refractivity contribution is 0.241. The highest BCUT2D eigenvalue weighted by Crippen LogP contribution is 2.31. The van der Waals surface area contributed by atoms with Gasteiger partial charge in [-0.2, -0.15) is 5.10 Å². The maximum atomic E-state index is 12.4. The highest BCUT2D eigenvalue weighted by Gasteiger charge is 2.40. The van der Waals surface area contributed by atoms with Gasteiger partial charge in [0.15, 0.2) is 5.76 Å². The molecule has 3 heterocycles. The molecule has 9 heteroatoms. The molecule has 0 spiro atoms. The largest absolute Gasteiger partial charge is 0.359 e. The Morgan fingerprint density at radius 3 is 2.80 bits per heavy atom. The summed E-state index contributed by atoms with van der Waals surface area (Å²) < 4.78 is 33.7. The van der Waals surface area contributed by atoms with Crippen LogP contribution in [0, 0.1) is 0 Å². The van der Waals surface area contributed by atoms with E-state index in [1.165, 1.54) is 0 Å². The summed E-state index contributed by atoms with van der Waals surface area (Å²) in [6.45, 7) is 3.40. The zero-order valence-corrected chi connectivity index (χ0v) is 15.2. The topological polar surface area (TPSA) is 84.5 Å². The van der Waals surface area contributed by atoms with Gasteiger partial charge in [0.1, 0.15) is 5.69 Å². The molecule has 1 aliphatic heterocycles. The number of aromatic nitrogens is 3. The summed E-state index contributed by atoms with van der Waals surface area (Å²) in [5.41, 5.74) is 1.70. The minimum atomic E-state index is -3.08. The van der Waals surface area contributed by atoms with E-state index in [9.17, 15) is 8.42 Å². The average Bonchev–Trinajstić information content (AvgIpc) is 3.27. The van der Waals surface area contributed by atoms with Crippen LogP contribution >= 0.6 is 0 Å². The Balaban J connectivity index is 1.38. The van der Waals surface area contributed by atoms with E-state index < -0.39 is 10.0 Å². The molecule has 0 aromatic carbocycles. The Morgan fingerprint density at radius 1 is 1.24 bits per heavy atom. The summed E-state index contributed by atoms with van der Waals surface area (Å²) in [5, 5.41) is 8.13. The predicted octanol–water partition coefficient (Wildman–Crippen LogP) is 1.07. The van der Waals surface area contributed by atoms with Crippen molar-refractivity contribution in [3.63, 3.8) is 0 Å². The van der Waals surface area contributed by atoms with E-state index >= 15 is 0 Å². The number of sulfonamides is 1. The van der Waals surface area contributed by atoms with Crippen LogP contribution in [-0.2, 0) is 23.6 Å². The van der Waals surface area contributed by atoms with Gasteiger partial charge in [0.05, 0.1) is 18.0 Å². The Kier molecular flexibility index (Phi) is 4.38. The molecular formula is C16H23N5O3S. The third-order valence-electron chi connectivity index (χ3n) is 4.79. The van der Waals surface area contributed by atoms with Gasteiger partial charge in [-0.05, 0) is 25.8 Å². The van der Waals surface area contributed by atoms with Crippen molar-refractivity contribution in [1.82, 2.24) is 24.1 Å². The first kappa shape index (κ1) is 16.7. The number of hydrogen-bond donors (Lipinski definition) is 0. The van der Waals surface area contributed by atoms with Gasteiger partial charge in [-0.3, -0.25) is 9.58 Å². The molecule has 0 bridgehead atoms. The second kappa shape index (κ2) is 6.54. The van der Waals surface area contributed by atoms with Gasteiger partial charge in [0.2, 0.25) is 10.0 Å². The van der Waals surface area contributed by atoms with Gasteiger partial charge >= 0.3 is 0 Å². The smallest absolute Gasteiger partial charge is 0.217 e. The standard InChI is InChI=1S/C16H23N5O3S/c1-19-11-13(10-17-19)16-9-14(24-18-16)12-20-5-2-6-21(8-7-20)25(22,23)15-3-4-15/h9-11,15H,2-8,12H2,1H3. The van der Waals surface area contributed by atoms with E-state index in [1.54, 1.807) is 15.2 Å². The summed E-state index contributed by atoms with van der Waals surface area (Å²) in [4.78, 5) is 2.23. The Morgan fingerprint density at radius 2 is 2.08 bits per heavy atom. The van der Waals surface area contributed by atoms with E-state index in [0.29, 0.717) is 19.6 Å². The summed E-state index contributed by atoms with van der Waals surface area (Å²) in [6, 6.07) is 1.93. The SMILES string of the molecule is Cn1cc(-c2cc(CN3CCCN(S(=O)(=O)C4CC4)CC3)on2)cn1. The minimum Gasteiger partial charge on any atom is -0.359 e. The Bertz CT molecular complexity index is 840. The molecule has 8 nitrogen and oxygen atoms in total. The summed E-state index contributed by atoms with van der Waals surface area (Å²) >= 11 is 0. The molecule has 136 valence electrons. The minimum absolute atomic E-state index is 0.129. The van der Waals surface area contributed by atoms with Crippen LogP contribution in [0.5, 0.6) is 0 Å². The van der Waals surface area contributed by atoms with Crippen LogP contribution in [0.4, 0.5) is 0 Å². The van der Waals surface area contributed by atoms with E-state index in [0.717, 1.165) is 49.4 Å². The van der Waals surface area contributed by atoms with Crippen LogP contribution in [0.2, 0.25) is 0 Å². The zero-order chi connectivity index (χ0) is 17.4. The Labute approximate surface area is 147 Å². The first-order chi connectivity index (χ1) is 12.0. The van der Waals surface area contributed by atoms with Gasteiger partial charge in [-0.15, -0.1) is 0 Å². The summed E-state index contributed by atoms with van der Waals surface area (Å²) in [7, 11) is -1.21. The lowest BCUT2D eigenvalue weighted by Gasteiger charge is -2.20. The maximum Gasteiger partial charge on any atom is 0.217 e. The van der Waals surface area contributed by atoms with Crippen molar-refractivity contribution >= 4 is 10.0 Å². The number of rotatable bonds is 5. The molecule has 1 saturated carbocycles. The molecule has 2 aromatic rings. The monoisotopic (exact) mass is 365 g/mol. The van der Waals surface area contributed by atoms with E-state index in [1.807, 2.05) is 19.3 Å². The molecule has 1 saturated heterocycles. The second-order valence-electron chi connectivity index (χ2n) is 6.85. The molecule has 4 rings (SSSR count). The normalized spacial score (nSPS) is 20.7. The average molecular weight is 365 g/mol. The molecule has 2 aromatic heterocycles. The van der Waals surface area contributed by atoms with Gasteiger partial charge in [-0.1, -0.05) is 5.16 Å². The van der Waals surface area contributed by atoms with E-state index in [2.05, 4.69) is 15.2 Å². The van der Waals surface area contributed by atoms with Gasteiger partial charge in [0.25, 0.3) is 0 Å². The first-order valence-corrected chi connectivity index (χ1v) is 10.2. The molecule has 1 aliphatic carbocycles. The second-order valence-corrected chi connectivity index (χ2v) is 9.07. The summed E-state index contributed by atoms with van der Waals surface area (Å²) in [6.07, 6.45) is 6.13. The van der Waals surface area contributed by atoms with Crippen molar-refractivity contribution in [3.8, 4) is 11.3 Å². The predicted molar refractivity (Wildman–Crippen MR) is 92.1 cm³/mol. The van der Waals surface area contributed by atoms with Crippen LogP contribution < -0.4 is 0 Å². The van der Waals surface area contributed by atoms with Crippen LogP contribution in [-0.4, -0.2) is 64.0 Å². The first-order valence-electron chi connectivity index (χ1n) is 8.68. The highest BCUT2D eigenvalue weighted by atomic mass is 32.2. The molecule has 0 amide bonds. The van der Waals surface area contributed by atoms with Crippen molar-refractivity contribution in [2.24, 2.45) is 7.05 Å². The molecule has 0 N–H and O–H groups in total. The van der Waals surface area contributed by atoms with Crippen LogP contribution in [0.3, 0.4) is 0 Å². The van der Waals surface area contributed by atoms with Crippen LogP contribution in [0.1, 0.15) is 25.0 Å². The number of nitrogens with zero attached hydrogens (tertiary/aromatic N) is 5. The zero-order valence-electron chi connectivity index (χ0n) is 14.3. The molecule has 25 heavy (non-hydrogen) atoms. The van der Waals surface area contributed by atoms with Gasteiger partial charge in [-0.25, -0.2) is 12.7 Å². The van der Waals surface area contributed by atoms with E-state index in [4.69, 9.17) is 4.52 Å². The fourth-order valence-corrected chi connectivity index (χ4v) is 5.11. The van der Waals surface area contributed by atoms with Crippen molar-refractivity contribution in [1.29, 1.82) is 0 Å². The Hall–Kier alpha value is -1.71. The van der Waals surface area contributed by atoms with Crippen molar-refractivity contribution in [2.75, 3.05) is 26.2 Å². The highest BCUT2D eigenvalue weighted by molar-refractivity contribution is 7.90. The van der Waals surface area contributed by atoms with E-state index in [-0.39, 0.29) is 5.25 Å². The van der Waals surface area contributed by atoms with Crippen molar-refractivity contribution in [2.45, 2.75) is 31.1 Å². The molecular weight excluding hydrogens is 342 g/mol. The quantitative estimate of drug-likeness (QED) is 0.788. The van der Waals surface area contributed by atoms with Gasteiger partial charge in [0, 0.05) is 44.5 Å². The maximum absolute atomic E-state index is 12.4.